The van der Waals surface area contributed by atoms with Crippen LogP contribution in [-0.2, 0) is 0 Å². The smallest absolute Gasteiger partial charge is 0.126 e. The normalized spacial score (nSPS) is 24.9. The van der Waals surface area contributed by atoms with Gasteiger partial charge in [0.25, 0.3) is 0 Å². The van der Waals surface area contributed by atoms with Crippen molar-refractivity contribution in [2.45, 2.75) is 44.8 Å². The molecule has 4 heteroatoms. The van der Waals surface area contributed by atoms with Gasteiger partial charge in [0.05, 0.1) is 6.10 Å². The van der Waals surface area contributed by atoms with Gasteiger partial charge in [-0.3, -0.25) is 0 Å². The molecule has 0 aromatic heterocycles. The molecule has 3 nitrogen and oxygen atoms in total. The van der Waals surface area contributed by atoms with Crippen LogP contribution in [0.4, 0.5) is 4.39 Å². The Kier molecular flexibility index (Phi) is 3.93. The number of aliphatic hydroxyl groups is 1. The second-order valence-corrected chi connectivity index (χ2v) is 6.88. The first-order valence-electron chi connectivity index (χ1n) is 7.86. The van der Waals surface area contributed by atoms with Gasteiger partial charge in [-0.2, -0.15) is 0 Å². The van der Waals surface area contributed by atoms with Crippen LogP contribution in [0.25, 0.3) is 0 Å². The van der Waals surface area contributed by atoms with Crippen LogP contribution in [0.1, 0.15) is 44.8 Å². The van der Waals surface area contributed by atoms with Gasteiger partial charge in [-0.1, -0.05) is 13.8 Å². The van der Waals surface area contributed by atoms with Crippen molar-refractivity contribution in [2.24, 2.45) is 5.92 Å². The summed E-state index contributed by atoms with van der Waals surface area (Å²) in [7, 11) is 0. The molecule has 0 bridgehead atoms. The Morgan fingerprint density at radius 3 is 2.76 bits per heavy atom. The lowest BCUT2D eigenvalue weighted by atomic mass is 9.81. The van der Waals surface area contributed by atoms with Crippen LogP contribution in [0.15, 0.2) is 18.2 Å². The molecule has 0 saturated carbocycles. The Hall–Kier alpha value is -1.13. The van der Waals surface area contributed by atoms with Crippen LogP contribution < -0.4 is 4.74 Å². The van der Waals surface area contributed by atoms with E-state index in [4.69, 9.17) is 4.74 Å². The van der Waals surface area contributed by atoms with Crippen molar-refractivity contribution in [1.29, 1.82) is 0 Å². The number of fused-ring (bicyclic) bond motifs is 1. The number of hydrogen-bond acceptors (Lipinski definition) is 3. The molecule has 0 aliphatic carbocycles. The van der Waals surface area contributed by atoms with Gasteiger partial charge >= 0.3 is 0 Å². The third-order valence-corrected chi connectivity index (χ3v) is 4.61. The van der Waals surface area contributed by atoms with Crippen molar-refractivity contribution in [3.8, 4) is 5.75 Å². The number of nitrogens with zero attached hydrogens (tertiary/aromatic N) is 1. The summed E-state index contributed by atoms with van der Waals surface area (Å²) in [5.74, 6) is 0.993. The molecule has 1 atom stereocenters. The average molecular weight is 293 g/mol. The number of ether oxygens (including phenoxy) is 1. The lowest BCUT2D eigenvalue weighted by Crippen LogP contribution is -2.51. The summed E-state index contributed by atoms with van der Waals surface area (Å²) in [5, 5.41) is 10.4. The first-order valence-corrected chi connectivity index (χ1v) is 7.86. The molecule has 0 radical (unpaired) electrons. The Labute approximate surface area is 125 Å². The minimum Gasteiger partial charge on any atom is -0.487 e. The summed E-state index contributed by atoms with van der Waals surface area (Å²) < 4.78 is 19.5. The molecule has 2 aliphatic heterocycles. The van der Waals surface area contributed by atoms with Crippen LogP contribution in [0.5, 0.6) is 5.75 Å². The van der Waals surface area contributed by atoms with E-state index >= 15 is 0 Å². The highest BCUT2D eigenvalue weighted by Gasteiger charge is 2.42. The number of rotatable bonds is 2. The fraction of sp³-hybridized carbons (Fsp3) is 0.647. The van der Waals surface area contributed by atoms with Gasteiger partial charge in [-0.25, -0.2) is 4.39 Å². The molecule has 1 N–H and O–H groups in total. The maximum absolute atomic E-state index is 13.3. The van der Waals surface area contributed by atoms with Gasteiger partial charge in [-0.15, -0.1) is 0 Å². The van der Waals surface area contributed by atoms with E-state index in [0.717, 1.165) is 32.5 Å². The molecular weight excluding hydrogens is 269 g/mol. The molecule has 2 aliphatic rings. The van der Waals surface area contributed by atoms with Gasteiger partial charge in [0, 0.05) is 31.6 Å². The second-order valence-electron chi connectivity index (χ2n) is 6.88. The van der Waals surface area contributed by atoms with Gasteiger partial charge in [-0.05, 0) is 37.0 Å². The molecule has 1 fully saturated rings. The number of halogens is 1. The lowest BCUT2D eigenvalue weighted by Gasteiger charge is -2.46. The third-order valence-electron chi connectivity index (χ3n) is 4.61. The van der Waals surface area contributed by atoms with E-state index in [-0.39, 0.29) is 11.4 Å². The molecule has 0 unspecified atom stereocenters. The highest BCUT2D eigenvalue weighted by Crippen LogP contribution is 2.44. The number of hydrogen-bond donors (Lipinski definition) is 1. The zero-order chi connectivity index (χ0) is 15.0. The Balaban J connectivity index is 1.73. The van der Waals surface area contributed by atoms with Crippen molar-refractivity contribution >= 4 is 0 Å². The highest BCUT2D eigenvalue weighted by molar-refractivity contribution is 5.38. The third kappa shape index (κ3) is 3.06. The van der Waals surface area contributed by atoms with E-state index < -0.39 is 6.10 Å². The van der Waals surface area contributed by atoms with Crippen molar-refractivity contribution in [3.05, 3.63) is 29.6 Å². The van der Waals surface area contributed by atoms with Gasteiger partial charge in [0.2, 0.25) is 0 Å². The van der Waals surface area contributed by atoms with E-state index in [2.05, 4.69) is 18.7 Å². The number of aliphatic hydroxyl groups excluding tert-OH is 1. The highest BCUT2D eigenvalue weighted by atomic mass is 19.1. The van der Waals surface area contributed by atoms with Gasteiger partial charge < -0.3 is 14.7 Å². The molecule has 21 heavy (non-hydrogen) atoms. The zero-order valence-corrected chi connectivity index (χ0v) is 12.8. The average Bonchev–Trinajstić information content (AvgIpc) is 2.42. The Bertz CT molecular complexity index is 510. The summed E-state index contributed by atoms with van der Waals surface area (Å²) in [5.41, 5.74) is 0.308. The maximum Gasteiger partial charge on any atom is 0.126 e. The first kappa shape index (κ1) is 14.8. The minimum absolute atomic E-state index is 0.280. The van der Waals surface area contributed by atoms with Crippen LogP contribution in [0, 0.1) is 11.7 Å². The fourth-order valence-corrected chi connectivity index (χ4v) is 3.58. The summed E-state index contributed by atoms with van der Waals surface area (Å²) in [6.07, 6.45) is 1.79. The Morgan fingerprint density at radius 2 is 2.10 bits per heavy atom. The van der Waals surface area contributed by atoms with Crippen LogP contribution in [0.3, 0.4) is 0 Å². The summed E-state index contributed by atoms with van der Waals surface area (Å²) in [6, 6.07) is 4.44. The summed E-state index contributed by atoms with van der Waals surface area (Å²) in [6.45, 7) is 7.58. The second kappa shape index (κ2) is 5.58. The van der Waals surface area contributed by atoms with Crippen LogP contribution in [-0.4, -0.2) is 35.2 Å². The van der Waals surface area contributed by atoms with Crippen molar-refractivity contribution in [2.75, 3.05) is 19.6 Å². The monoisotopic (exact) mass is 293 g/mol. The molecule has 2 heterocycles. The first-order chi connectivity index (χ1) is 9.97. The lowest BCUT2D eigenvalue weighted by molar-refractivity contribution is -0.0553. The number of benzene rings is 1. The molecule has 116 valence electrons. The van der Waals surface area contributed by atoms with E-state index in [0.29, 0.717) is 23.7 Å². The summed E-state index contributed by atoms with van der Waals surface area (Å²) in [4.78, 5) is 2.46. The Morgan fingerprint density at radius 1 is 1.38 bits per heavy atom. The number of likely N-dealkylation sites (tertiary alicyclic amines) is 1. The quantitative estimate of drug-likeness (QED) is 0.909. The molecule has 3 rings (SSSR count). The van der Waals surface area contributed by atoms with E-state index in [9.17, 15) is 9.50 Å². The molecule has 1 spiro atoms. The maximum atomic E-state index is 13.3. The topological polar surface area (TPSA) is 32.7 Å². The van der Waals surface area contributed by atoms with E-state index in [1.165, 1.54) is 12.1 Å². The van der Waals surface area contributed by atoms with E-state index in [1.807, 2.05) is 0 Å². The predicted molar refractivity (Wildman–Crippen MR) is 79.8 cm³/mol. The van der Waals surface area contributed by atoms with Gasteiger partial charge in [0.1, 0.15) is 17.2 Å². The van der Waals surface area contributed by atoms with Crippen molar-refractivity contribution < 1.29 is 14.2 Å². The van der Waals surface area contributed by atoms with E-state index in [1.54, 1.807) is 6.07 Å². The molecule has 1 aromatic carbocycles. The molecule has 1 aromatic rings. The standard InChI is InChI=1S/C17H24FNO2/c1-12(2)11-19-7-5-17(6-8-19)10-15(20)14-9-13(18)3-4-16(14)21-17/h3-4,9,12,15,20H,5-8,10-11H2,1-2H3/t15-/m1/s1. The zero-order valence-electron chi connectivity index (χ0n) is 12.8. The number of piperidine rings is 1. The molecular formula is C17H24FNO2. The van der Waals surface area contributed by atoms with Crippen LogP contribution >= 0.6 is 0 Å². The SMILES string of the molecule is CC(C)CN1CCC2(CC1)C[C@@H](O)c1cc(F)ccc1O2. The van der Waals surface area contributed by atoms with Crippen LogP contribution in [0.2, 0.25) is 0 Å². The molecule has 1 saturated heterocycles. The minimum atomic E-state index is -0.624. The fourth-order valence-electron chi connectivity index (χ4n) is 3.58. The van der Waals surface area contributed by atoms with Crippen molar-refractivity contribution in [3.63, 3.8) is 0 Å². The predicted octanol–water partition coefficient (Wildman–Crippen LogP) is 3.13. The van der Waals surface area contributed by atoms with Crippen molar-refractivity contribution in [1.82, 2.24) is 4.90 Å². The summed E-state index contributed by atoms with van der Waals surface area (Å²) >= 11 is 0. The largest absolute Gasteiger partial charge is 0.487 e. The van der Waals surface area contributed by atoms with Gasteiger partial charge in [0.15, 0.2) is 0 Å². The molecule has 0 amide bonds.